The SMILES string of the molecule is Cc1nc2c(N3CCOCC3)nc(-c3cnc(N)nc3)cn2c1C1=CCNCC1. The molecule has 0 atom stereocenters. The minimum atomic E-state index is 0.252. The molecule has 3 aromatic heterocycles. The standard InChI is InChI=1S/C20H24N8O/c1-13-17(14-2-4-22-5-3-14)28-12-16(15-10-23-20(21)24-11-15)26-18(19(28)25-13)27-6-8-29-9-7-27/h2,10-12,22H,3-9H2,1H3,(H2,21,23,24). The van der Waals surface area contributed by atoms with E-state index in [0.717, 1.165) is 66.7 Å². The number of nitrogens with two attached hydrogens (primary N) is 1. The average molecular weight is 392 g/mol. The number of nitrogens with zero attached hydrogens (tertiary/aromatic N) is 6. The van der Waals surface area contributed by atoms with Crippen LogP contribution in [0.4, 0.5) is 11.8 Å². The molecule has 5 rings (SSSR count). The first kappa shape index (κ1) is 18.0. The lowest BCUT2D eigenvalue weighted by atomic mass is 10.0. The van der Waals surface area contributed by atoms with Gasteiger partial charge in [0.2, 0.25) is 5.95 Å². The molecule has 0 radical (unpaired) electrons. The van der Waals surface area contributed by atoms with Crippen LogP contribution in [0.15, 0.2) is 24.7 Å². The van der Waals surface area contributed by atoms with Gasteiger partial charge < -0.3 is 20.7 Å². The van der Waals surface area contributed by atoms with Crippen LogP contribution in [0, 0.1) is 6.92 Å². The normalized spacial score (nSPS) is 17.6. The van der Waals surface area contributed by atoms with Crippen molar-refractivity contribution in [2.24, 2.45) is 0 Å². The van der Waals surface area contributed by atoms with Crippen molar-refractivity contribution in [2.75, 3.05) is 50.0 Å². The van der Waals surface area contributed by atoms with E-state index in [1.165, 1.54) is 5.57 Å². The summed E-state index contributed by atoms with van der Waals surface area (Å²) < 4.78 is 7.72. The van der Waals surface area contributed by atoms with Gasteiger partial charge in [-0.2, -0.15) is 0 Å². The van der Waals surface area contributed by atoms with Crippen LogP contribution in [-0.2, 0) is 4.74 Å². The molecule has 9 heteroatoms. The number of nitrogens with one attached hydrogen (secondary N) is 1. The molecule has 3 aromatic rings. The van der Waals surface area contributed by atoms with E-state index in [4.69, 9.17) is 20.4 Å². The Kier molecular flexibility index (Phi) is 4.61. The third-order valence-electron chi connectivity index (χ3n) is 5.41. The molecule has 5 heterocycles. The summed E-state index contributed by atoms with van der Waals surface area (Å²) in [7, 11) is 0. The van der Waals surface area contributed by atoms with Gasteiger partial charge in [0.05, 0.1) is 30.3 Å². The van der Waals surface area contributed by atoms with Crippen molar-refractivity contribution in [3.05, 3.63) is 36.1 Å². The van der Waals surface area contributed by atoms with Gasteiger partial charge in [0.25, 0.3) is 0 Å². The van der Waals surface area contributed by atoms with Gasteiger partial charge in [-0.25, -0.2) is 19.9 Å². The zero-order valence-electron chi connectivity index (χ0n) is 16.4. The number of rotatable bonds is 3. The van der Waals surface area contributed by atoms with Gasteiger partial charge in [-0.3, -0.25) is 4.40 Å². The van der Waals surface area contributed by atoms with Crippen LogP contribution in [0.3, 0.4) is 0 Å². The highest BCUT2D eigenvalue weighted by atomic mass is 16.5. The predicted octanol–water partition coefficient (Wildman–Crippen LogP) is 1.29. The molecule has 0 aromatic carbocycles. The number of fused-ring (bicyclic) bond motifs is 1. The fourth-order valence-corrected chi connectivity index (χ4v) is 3.97. The van der Waals surface area contributed by atoms with Crippen molar-refractivity contribution in [1.29, 1.82) is 0 Å². The molecule has 2 aliphatic rings. The summed E-state index contributed by atoms with van der Waals surface area (Å²) in [6.45, 7) is 6.87. The first-order valence-corrected chi connectivity index (χ1v) is 9.91. The number of hydrogen-bond donors (Lipinski definition) is 2. The summed E-state index contributed by atoms with van der Waals surface area (Å²) >= 11 is 0. The molecule has 1 fully saturated rings. The van der Waals surface area contributed by atoms with Gasteiger partial charge in [-0.15, -0.1) is 0 Å². The molecule has 9 nitrogen and oxygen atoms in total. The van der Waals surface area contributed by atoms with E-state index in [9.17, 15) is 0 Å². The predicted molar refractivity (Wildman–Crippen MR) is 112 cm³/mol. The van der Waals surface area contributed by atoms with E-state index in [-0.39, 0.29) is 5.95 Å². The number of morpholine rings is 1. The zero-order chi connectivity index (χ0) is 19.8. The van der Waals surface area contributed by atoms with Crippen molar-refractivity contribution in [3.63, 3.8) is 0 Å². The van der Waals surface area contributed by atoms with Gasteiger partial charge in [0, 0.05) is 43.8 Å². The number of aromatic nitrogens is 5. The second-order valence-corrected chi connectivity index (χ2v) is 7.30. The van der Waals surface area contributed by atoms with E-state index < -0.39 is 0 Å². The van der Waals surface area contributed by atoms with Gasteiger partial charge in [0.15, 0.2) is 11.5 Å². The summed E-state index contributed by atoms with van der Waals surface area (Å²) in [4.78, 5) is 20.4. The molecule has 0 amide bonds. The maximum Gasteiger partial charge on any atom is 0.219 e. The maximum atomic E-state index is 5.67. The van der Waals surface area contributed by atoms with Gasteiger partial charge in [0.1, 0.15) is 0 Å². The highest BCUT2D eigenvalue weighted by Gasteiger charge is 2.23. The van der Waals surface area contributed by atoms with Crippen molar-refractivity contribution < 1.29 is 4.74 Å². The number of ether oxygens (including phenoxy) is 1. The highest BCUT2D eigenvalue weighted by Crippen LogP contribution is 2.31. The summed E-state index contributed by atoms with van der Waals surface area (Å²) in [6.07, 6.45) is 8.69. The largest absolute Gasteiger partial charge is 0.378 e. The van der Waals surface area contributed by atoms with E-state index in [2.05, 4.69) is 37.6 Å². The lowest BCUT2D eigenvalue weighted by molar-refractivity contribution is 0.122. The molecule has 2 aliphatic heterocycles. The first-order chi connectivity index (χ1) is 14.2. The van der Waals surface area contributed by atoms with Crippen molar-refractivity contribution >= 4 is 23.0 Å². The monoisotopic (exact) mass is 392 g/mol. The lowest BCUT2D eigenvalue weighted by Crippen LogP contribution is -2.37. The number of imidazole rings is 1. The van der Waals surface area contributed by atoms with Crippen LogP contribution >= 0.6 is 0 Å². The second kappa shape index (κ2) is 7.41. The minimum absolute atomic E-state index is 0.252. The van der Waals surface area contributed by atoms with Gasteiger partial charge in [-0.05, 0) is 25.5 Å². The number of anilines is 2. The number of aryl methyl sites for hydroxylation is 1. The molecule has 0 aliphatic carbocycles. The third-order valence-corrected chi connectivity index (χ3v) is 5.41. The van der Waals surface area contributed by atoms with Crippen LogP contribution in [0.25, 0.3) is 22.5 Å². The van der Waals surface area contributed by atoms with E-state index >= 15 is 0 Å². The molecule has 3 N–H and O–H groups in total. The fourth-order valence-electron chi connectivity index (χ4n) is 3.97. The molecule has 29 heavy (non-hydrogen) atoms. The average Bonchev–Trinajstić information content (AvgIpc) is 3.10. The summed E-state index contributed by atoms with van der Waals surface area (Å²) in [6, 6.07) is 0. The van der Waals surface area contributed by atoms with Crippen molar-refractivity contribution in [3.8, 4) is 11.3 Å². The Morgan fingerprint density at radius 1 is 1.14 bits per heavy atom. The van der Waals surface area contributed by atoms with E-state index in [1.807, 2.05) is 6.20 Å². The third kappa shape index (κ3) is 3.32. The Balaban J connectivity index is 1.73. The number of hydrogen-bond acceptors (Lipinski definition) is 8. The maximum absolute atomic E-state index is 5.67. The van der Waals surface area contributed by atoms with Crippen molar-refractivity contribution in [2.45, 2.75) is 13.3 Å². The Hall–Kier alpha value is -3.04. The molecule has 0 saturated carbocycles. The number of nitrogen functional groups attached to an aromatic ring is 1. The van der Waals surface area contributed by atoms with Crippen LogP contribution < -0.4 is 16.0 Å². The van der Waals surface area contributed by atoms with Crippen LogP contribution in [0.5, 0.6) is 0 Å². The summed E-state index contributed by atoms with van der Waals surface area (Å²) in [5.41, 5.74) is 11.6. The molecule has 0 unspecified atom stereocenters. The lowest BCUT2D eigenvalue weighted by Gasteiger charge is -2.28. The fraction of sp³-hybridized carbons (Fsp3) is 0.400. The molecule has 0 bridgehead atoms. The molecular weight excluding hydrogens is 368 g/mol. The molecular formula is C20H24N8O. The van der Waals surface area contributed by atoms with Crippen LogP contribution in [0.2, 0.25) is 0 Å². The summed E-state index contributed by atoms with van der Waals surface area (Å²) in [5, 5.41) is 3.38. The van der Waals surface area contributed by atoms with E-state index in [0.29, 0.717) is 13.2 Å². The molecule has 150 valence electrons. The van der Waals surface area contributed by atoms with Gasteiger partial charge in [-0.1, -0.05) is 6.08 Å². The first-order valence-electron chi connectivity index (χ1n) is 9.91. The van der Waals surface area contributed by atoms with Crippen LogP contribution in [0.1, 0.15) is 17.8 Å². The smallest absolute Gasteiger partial charge is 0.219 e. The summed E-state index contributed by atoms with van der Waals surface area (Å²) in [5.74, 6) is 1.12. The Labute approximate surface area is 168 Å². The van der Waals surface area contributed by atoms with E-state index in [1.54, 1.807) is 12.4 Å². The second-order valence-electron chi connectivity index (χ2n) is 7.30. The Morgan fingerprint density at radius 2 is 1.93 bits per heavy atom. The molecule has 0 spiro atoms. The molecule has 1 saturated heterocycles. The topological polar surface area (TPSA) is 106 Å². The minimum Gasteiger partial charge on any atom is -0.378 e. The highest BCUT2D eigenvalue weighted by molar-refractivity contribution is 5.76. The Bertz CT molecular complexity index is 1070. The quantitative estimate of drug-likeness (QED) is 0.687. The van der Waals surface area contributed by atoms with Crippen molar-refractivity contribution in [1.82, 2.24) is 29.7 Å². The Morgan fingerprint density at radius 3 is 2.66 bits per heavy atom. The van der Waals surface area contributed by atoms with Crippen LogP contribution in [-0.4, -0.2) is 63.7 Å². The van der Waals surface area contributed by atoms with Gasteiger partial charge >= 0.3 is 0 Å². The zero-order valence-corrected chi connectivity index (χ0v) is 16.4.